The maximum absolute atomic E-state index is 11.7. The number of amides is 1. The Kier molecular flexibility index (Phi) is 2.82. The molecule has 0 fully saturated rings. The number of nitrogen functional groups attached to an aromatic ring is 1. The summed E-state index contributed by atoms with van der Waals surface area (Å²) in [6.45, 7) is 0. The third kappa shape index (κ3) is 2.28. The number of aromatic nitrogens is 3. The molecule has 86 valence electrons. The minimum Gasteiger partial charge on any atom is -0.504 e. The molecule has 2 heterocycles. The van der Waals surface area contributed by atoms with Gasteiger partial charge in [-0.05, 0) is 12.1 Å². The van der Waals surface area contributed by atoms with Crippen molar-refractivity contribution in [2.45, 2.75) is 0 Å². The van der Waals surface area contributed by atoms with Crippen LogP contribution in [0.5, 0.6) is 5.75 Å². The molecule has 2 aromatic rings. The van der Waals surface area contributed by atoms with Gasteiger partial charge < -0.3 is 16.2 Å². The van der Waals surface area contributed by atoms with Crippen LogP contribution < -0.4 is 11.1 Å². The Balaban J connectivity index is 2.24. The number of carbonyl (C=O) groups excluding carboxylic acids is 1. The van der Waals surface area contributed by atoms with Gasteiger partial charge in [-0.1, -0.05) is 0 Å². The highest BCUT2D eigenvalue weighted by Crippen LogP contribution is 2.19. The van der Waals surface area contributed by atoms with Crippen LogP contribution in [0.3, 0.4) is 0 Å². The zero-order valence-electron chi connectivity index (χ0n) is 8.66. The highest BCUT2D eigenvalue weighted by Gasteiger charge is 2.14. The Hall–Kier alpha value is -2.70. The molecule has 0 aliphatic heterocycles. The fourth-order valence-electron chi connectivity index (χ4n) is 1.18. The quantitative estimate of drug-likeness (QED) is 0.689. The number of hydrogen-bond donors (Lipinski definition) is 3. The average molecular weight is 231 g/mol. The first-order chi connectivity index (χ1) is 8.18. The van der Waals surface area contributed by atoms with Crippen molar-refractivity contribution in [2.75, 3.05) is 11.1 Å². The number of nitrogens with zero attached hydrogens (tertiary/aromatic N) is 3. The molecular weight excluding hydrogens is 222 g/mol. The van der Waals surface area contributed by atoms with Crippen molar-refractivity contribution in [1.82, 2.24) is 15.0 Å². The van der Waals surface area contributed by atoms with Gasteiger partial charge in [-0.15, -0.1) is 0 Å². The molecule has 4 N–H and O–H groups in total. The van der Waals surface area contributed by atoms with Gasteiger partial charge in [0.2, 0.25) is 0 Å². The first-order valence-corrected chi connectivity index (χ1v) is 4.70. The number of rotatable bonds is 2. The summed E-state index contributed by atoms with van der Waals surface area (Å²) in [7, 11) is 0. The maximum atomic E-state index is 11.7. The third-order valence-electron chi connectivity index (χ3n) is 1.96. The van der Waals surface area contributed by atoms with E-state index in [0.29, 0.717) is 0 Å². The van der Waals surface area contributed by atoms with E-state index in [4.69, 9.17) is 5.73 Å². The molecule has 17 heavy (non-hydrogen) atoms. The summed E-state index contributed by atoms with van der Waals surface area (Å²) in [4.78, 5) is 23.1. The minimum atomic E-state index is -0.579. The molecule has 1 amide bonds. The molecule has 0 aromatic carbocycles. The summed E-state index contributed by atoms with van der Waals surface area (Å²) in [6, 6.07) is 2.95. The summed E-state index contributed by atoms with van der Waals surface area (Å²) in [6.07, 6.45) is 4.17. The van der Waals surface area contributed by atoms with Gasteiger partial charge in [0.05, 0.1) is 0 Å². The lowest BCUT2D eigenvalue weighted by Crippen LogP contribution is -2.17. The SMILES string of the molecule is Nc1nccnc1C(=O)Nc1ncccc1O. The highest BCUT2D eigenvalue weighted by atomic mass is 16.3. The Morgan fingerprint density at radius 1 is 1.24 bits per heavy atom. The van der Waals surface area contributed by atoms with Crippen molar-refractivity contribution in [2.24, 2.45) is 0 Å². The molecule has 0 spiro atoms. The van der Waals surface area contributed by atoms with E-state index < -0.39 is 5.91 Å². The molecule has 0 saturated carbocycles. The van der Waals surface area contributed by atoms with Crippen LogP contribution in [-0.2, 0) is 0 Å². The van der Waals surface area contributed by atoms with Gasteiger partial charge >= 0.3 is 0 Å². The van der Waals surface area contributed by atoms with Crippen LogP contribution in [-0.4, -0.2) is 26.0 Å². The molecule has 0 radical (unpaired) electrons. The molecule has 0 unspecified atom stereocenters. The van der Waals surface area contributed by atoms with Gasteiger partial charge in [-0.3, -0.25) is 4.79 Å². The lowest BCUT2D eigenvalue weighted by atomic mass is 10.3. The van der Waals surface area contributed by atoms with Crippen molar-refractivity contribution in [1.29, 1.82) is 0 Å². The summed E-state index contributed by atoms with van der Waals surface area (Å²) in [5.41, 5.74) is 5.48. The largest absolute Gasteiger partial charge is 0.504 e. The zero-order valence-corrected chi connectivity index (χ0v) is 8.66. The fraction of sp³-hybridized carbons (Fsp3) is 0. The van der Waals surface area contributed by atoms with E-state index in [2.05, 4.69) is 20.3 Å². The van der Waals surface area contributed by atoms with Crippen LogP contribution in [0.4, 0.5) is 11.6 Å². The van der Waals surface area contributed by atoms with Gasteiger partial charge in [0.15, 0.2) is 23.1 Å². The molecular formula is C10H9N5O2. The first-order valence-electron chi connectivity index (χ1n) is 4.70. The second-order valence-electron chi connectivity index (χ2n) is 3.12. The second-order valence-corrected chi connectivity index (χ2v) is 3.12. The van der Waals surface area contributed by atoms with Gasteiger partial charge in [-0.25, -0.2) is 15.0 Å². The van der Waals surface area contributed by atoms with E-state index in [1.165, 1.54) is 24.7 Å². The Morgan fingerprint density at radius 3 is 2.71 bits per heavy atom. The maximum Gasteiger partial charge on any atom is 0.279 e. The fourth-order valence-corrected chi connectivity index (χ4v) is 1.18. The van der Waals surface area contributed by atoms with E-state index in [0.717, 1.165) is 0 Å². The van der Waals surface area contributed by atoms with E-state index >= 15 is 0 Å². The van der Waals surface area contributed by atoms with Crippen molar-refractivity contribution >= 4 is 17.5 Å². The van der Waals surface area contributed by atoms with Crippen molar-refractivity contribution in [3.8, 4) is 5.75 Å². The van der Waals surface area contributed by atoms with Crippen molar-refractivity contribution in [3.05, 3.63) is 36.4 Å². The van der Waals surface area contributed by atoms with Crippen LogP contribution in [0.25, 0.3) is 0 Å². The number of pyridine rings is 1. The Labute approximate surface area is 96.4 Å². The van der Waals surface area contributed by atoms with Gasteiger partial charge in [0.1, 0.15) is 0 Å². The van der Waals surface area contributed by atoms with E-state index in [9.17, 15) is 9.90 Å². The molecule has 2 rings (SSSR count). The number of nitrogens with one attached hydrogen (secondary N) is 1. The van der Waals surface area contributed by atoms with E-state index in [1.807, 2.05) is 0 Å². The Morgan fingerprint density at radius 2 is 2.00 bits per heavy atom. The summed E-state index contributed by atoms with van der Waals surface area (Å²) >= 11 is 0. The number of carbonyl (C=O) groups is 1. The smallest absolute Gasteiger partial charge is 0.279 e. The Bertz CT molecular complexity index is 558. The van der Waals surface area contributed by atoms with Crippen molar-refractivity contribution < 1.29 is 9.90 Å². The van der Waals surface area contributed by atoms with Crippen LogP contribution in [0, 0.1) is 0 Å². The summed E-state index contributed by atoms with van der Waals surface area (Å²) in [5.74, 6) is -0.657. The van der Waals surface area contributed by atoms with Crippen LogP contribution in [0.15, 0.2) is 30.7 Å². The number of aromatic hydroxyl groups is 1. The first kappa shape index (κ1) is 10.8. The normalized spacial score (nSPS) is 9.88. The minimum absolute atomic E-state index is 0.0143. The standard InChI is InChI=1S/C10H9N5O2/c11-8-7(12-4-5-13-8)10(17)15-9-6(16)2-1-3-14-9/h1-5,16H,(H2,11,13)(H,14,15,17). The second kappa shape index (κ2) is 4.44. The third-order valence-corrected chi connectivity index (χ3v) is 1.96. The summed E-state index contributed by atoms with van der Waals surface area (Å²) in [5, 5.41) is 11.8. The number of anilines is 2. The molecule has 0 saturated heterocycles. The predicted molar refractivity (Wildman–Crippen MR) is 60.3 cm³/mol. The van der Waals surface area contributed by atoms with Gasteiger partial charge in [-0.2, -0.15) is 0 Å². The highest BCUT2D eigenvalue weighted by molar-refractivity contribution is 6.05. The molecule has 0 aliphatic carbocycles. The van der Waals surface area contributed by atoms with E-state index in [1.54, 1.807) is 6.07 Å². The molecule has 0 bridgehead atoms. The number of nitrogens with two attached hydrogens (primary N) is 1. The molecule has 7 nitrogen and oxygen atoms in total. The summed E-state index contributed by atoms with van der Waals surface area (Å²) < 4.78 is 0. The topological polar surface area (TPSA) is 114 Å². The van der Waals surface area contributed by atoms with Gasteiger partial charge in [0.25, 0.3) is 5.91 Å². The van der Waals surface area contributed by atoms with Crippen molar-refractivity contribution in [3.63, 3.8) is 0 Å². The lowest BCUT2D eigenvalue weighted by molar-refractivity contribution is 0.102. The number of hydrogen-bond acceptors (Lipinski definition) is 6. The molecule has 2 aromatic heterocycles. The molecule has 0 aliphatic rings. The molecule has 0 atom stereocenters. The van der Waals surface area contributed by atoms with Crippen LogP contribution in [0.1, 0.15) is 10.5 Å². The van der Waals surface area contributed by atoms with Gasteiger partial charge in [0, 0.05) is 18.6 Å². The van der Waals surface area contributed by atoms with E-state index in [-0.39, 0.29) is 23.1 Å². The monoisotopic (exact) mass is 231 g/mol. The predicted octanol–water partition coefficient (Wildman–Crippen LogP) is 0.412. The molecule has 7 heteroatoms. The zero-order chi connectivity index (χ0) is 12.3. The average Bonchev–Trinajstić information content (AvgIpc) is 2.32. The van der Waals surface area contributed by atoms with Crippen LogP contribution in [0.2, 0.25) is 0 Å². The van der Waals surface area contributed by atoms with Crippen LogP contribution >= 0.6 is 0 Å². The lowest BCUT2D eigenvalue weighted by Gasteiger charge is -2.05.